The first-order chi connectivity index (χ1) is 12.6. The van der Waals surface area contributed by atoms with Gasteiger partial charge in [0.2, 0.25) is 5.95 Å². The summed E-state index contributed by atoms with van der Waals surface area (Å²) < 4.78 is 37.9. The number of nitrogens with one attached hydrogen (secondary N) is 3. The van der Waals surface area contributed by atoms with Crippen molar-refractivity contribution in [3.63, 3.8) is 0 Å². The van der Waals surface area contributed by atoms with Gasteiger partial charge in [0.05, 0.1) is 18.8 Å². The summed E-state index contributed by atoms with van der Waals surface area (Å²) in [6.07, 6.45) is -1.70. The van der Waals surface area contributed by atoms with Gasteiger partial charge in [-0.25, -0.2) is 4.57 Å². The molecule has 148 valence electrons. The van der Waals surface area contributed by atoms with E-state index in [1.54, 1.807) is 0 Å². The van der Waals surface area contributed by atoms with Crippen molar-refractivity contribution in [3.05, 3.63) is 20.2 Å². The average Bonchev–Trinajstić information content (AvgIpc) is 2.55. The molecule has 0 aliphatic carbocycles. The van der Waals surface area contributed by atoms with E-state index in [4.69, 9.17) is 52.3 Å². The van der Waals surface area contributed by atoms with E-state index in [-0.39, 0.29) is 27.3 Å². The van der Waals surface area contributed by atoms with Crippen molar-refractivity contribution in [2.24, 2.45) is 0 Å². The molecule has 0 fully saturated rings. The van der Waals surface area contributed by atoms with Gasteiger partial charge in [-0.05, 0) is 0 Å². The maximum absolute atomic E-state index is 11.9. The van der Waals surface area contributed by atoms with Gasteiger partial charge >= 0.3 is 33.1 Å². The second-order valence-electron chi connectivity index (χ2n) is 5.07. The summed E-state index contributed by atoms with van der Waals surface area (Å²) in [5, 5.41) is 5.76. The second-order valence-corrected chi connectivity index (χ2v) is 7.52. The van der Waals surface area contributed by atoms with E-state index >= 15 is 0 Å². The van der Waals surface area contributed by atoms with Crippen molar-refractivity contribution < 1.29 is 48.9 Å². The Labute approximate surface area is 170 Å². The zero-order chi connectivity index (χ0) is 20.4. The second kappa shape index (κ2) is 8.88. The summed E-state index contributed by atoms with van der Waals surface area (Å²) in [6.45, 7) is -0.466. The summed E-state index contributed by atoms with van der Waals surface area (Å²) in [4.78, 5) is 36.3. The fourth-order valence-electron chi connectivity index (χ4n) is 2.32. The summed E-state index contributed by atoms with van der Waals surface area (Å²) in [6, 6.07) is -0.627. The van der Waals surface area contributed by atoms with Crippen molar-refractivity contribution >= 4 is 50.5 Å². The average molecular weight is 521 g/mol. The van der Waals surface area contributed by atoms with Gasteiger partial charge in [0.25, 0.3) is 5.56 Å². The Morgan fingerprint density at radius 1 is 1.30 bits per heavy atom. The van der Waals surface area contributed by atoms with Crippen LogP contribution in [0.25, 0.3) is 0 Å². The van der Waals surface area contributed by atoms with Gasteiger partial charge in [0, 0.05) is 0 Å². The number of hydrogen-bond donors (Lipinski definition) is 6. The topological polar surface area (TPSA) is 206 Å². The van der Waals surface area contributed by atoms with E-state index < -0.39 is 56.9 Å². The number of H-pyrrole nitrogens is 1. The number of fused-ring (bicyclic) bond motifs is 2. The predicted octanol–water partition coefficient (Wildman–Crippen LogP) is -1.54. The molecule has 3 rings (SSSR count). The number of nitrogen functional groups attached to an aromatic ring is 1. The Bertz CT molecular complexity index is 900. The molecule has 0 saturated carbocycles. The van der Waals surface area contributed by atoms with Crippen LogP contribution in [-0.2, 0) is 64.4 Å². The third-order valence-electron chi connectivity index (χ3n) is 3.34. The van der Waals surface area contributed by atoms with E-state index in [0.717, 1.165) is 0 Å². The first-order valence-electron chi connectivity index (χ1n) is 6.85. The van der Waals surface area contributed by atoms with Gasteiger partial charge in [-0.2, -0.15) is 14.8 Å². The first kappa shape index (κ1) is 22.1. The van der Waals surface area contributed by atoms with Gasteiger partial charge in [-0.3, -0.25) is 14.3 Å². The number of aromatic nitrogens is 2. The van der Waals surface area contributed by atoms with Gasteiger partial charge < -0.3 is 56.1 Å². The van der Waals surface area contributed by atoms with Gasteiger partial charge in [-0.15, -0.1) is 0 Å². The van der Waals surface area contributed by atoms with Crippen LogP contribution in [0.1, 0.15) is 0 Å². The molecule has 1 aromatic heterocycles. The van der Waals surface area contributed by atoms with Gasteiger partial charge in [0.15, 0.2) is 12.0 Å². The normalized spacial score (nSPS) is 23.6. The summed E-state index contributed by atoms with van der Waals surface area (Å²) in [5.41, 5.74) is 5.15. The molecule has 0 unspecified atom stereocenters. The summed E-state index contributed by atoms with van der Waals surface area (Å²) >= 11 is 8.42. The van der Waals surface area contributed by atoms with Crippen molar-refractivity contribution in [3.8, 4) is 0 Å². The molecule has 0 spiro atoms. The van der Waals surface area contributed by atoms with E-state index in [9.17, 15) is 9.36 Å². The molecule has 3 heterocycles. The maximum atomic E-state index is 11.9. The Morgan fingerprint density at radius 3 is 2.52 bits per heavy atom. The van der Waals surface area contributed by atoms with Crippen LogP contribution < -0.4 is 21.9 Å². The van der Waals surface area contributed by atoms with E-state index in [1.807, 2.05) is 0 Å². The number of rotatable bonds is 3. The van der Waals surface area contributed by atoms with E-state index in [0.29, 0.717) is 0 Å². The molecule has 13 nitrogen and oxygen atoms in total. The SMILES string of the molecule is Nc1nc2c(c(=O)[nH]1)N[C@H]1C([S-])=C([S-])[C@@H](COP(=O)(O)O)O[C@H]1N2.[O]=[Mo+2]=[O]. The first-order valence-corrected chi connectivity index (χ1v) is 10.8. The number of aromatic amines is 1. The Kier molecular flexibility index (Phi) is 7.27. The Morgan fingerprint density at radius 2 is 1.93 bits per heavy atom. The number of anilines is 3. The summed E-state index contributed by atoms with van der Waals surface area (Å²) in [7, 11) is -4.67. The quantitative estimate of drug-likeness (QED) is 0.152. The van der Waals surface area contributed by atoms with Crippen LogP contribution in [-0.4, -0.2) is 44.7 Å². The van der Waals surface area contributed by atoms with Crippen molar-refractivity contribution in [1.29, 1.82) is 0 Å². The molecule has 7 N–H and O–H groups in total. The third-order valence-corrected chi connectivity index (χ3v) is 4.91. The number of hydrogen-bond acceptors (Lipinski definition) is 12. The van der Waals surface area contributed by atoms with Crippen LogP contribution in [0.3, 0.4) is 0 Å². The van der Waals surface area contributed by atoms with Crippen molar-refractivity contribution in [2.75, 3.05) is 23.0 Å². The molecule has 0 radical (unpaired) electrons. The fourth-order valence-corrected chi connectivity index (χ4v) is 3.22. The van der Waals surface area contributed by atoms with E-state index in [1.165, 1.54) is 0 Å². The molecule has 3 atom stereocenters. The molecule has 0 bridgehead atoms. The number of phosphoric ester groups is 1. The van der Waals surface area contributed by atoms with Crippen LogP contribution in [0, 0.1) is 0 Å². The van der Waals surface area contributed by atoms with Gasteiger partial charge in [-0.1, -0.05) is 0 Å². The zero-order valence-electron chi connectivity index (χ0n) is 13.0. The van der Waals surface area contributed by atoms with Crippen LogP contribution >= 0.6 is 7.82 Å². The monoisotopic (exact) mass is 523 g/mol. The van der Waals surface area contributed by atoms with Crippen LogP contribution in [0.2, 0.25) is 0 Å². The molecule has 0 saturated heterocycles. The minimum atomic E-state index is -4.67. The van der Waals surface area contributed by atoms with Crippen LogP contribution in [0.15, 0.2) is 14.6 Å². The number of ether oxygens (including phenoxy) is 1. The van der Waals surface area contributed by atoms with Gasteiger partial charge in [0.1, 0.15) is 5.69 Å². The van der Waals surface area contributed by atoms with E-state index in [2.05, 4.69) is 25.1 Å². The van der Waals surface area contributed by atoms with Crippen LogP contribution in [0.5, 0.6) is 0 Å². The Balaban J connectivity index is 0.000000817. The van der Waals surface area contributed by atoms with Crippen LogP contribution in [0.4, 0.5) is 17.5 Å². The van der Waals surface area contributed by atoms with Crippen molar-refractivity contribution in [1.82, 2.24) is 9.97 Å². The molecule has 27 heavy (non-hydrogen) atoms. The summed E-state index contributed by atoms with van der Waals surface area (Å²) in [5.74, 6) is 0.0876. The number of phosphoric acid groups is 1. The Hall–Kier alpha value is -1.18. The molecule has 17 heteroatoms. The minimum absolute atomic E-state index is 0.0817. The molecular formula is C10H12MoN5O8PS2. The van der Waals surface area contributed by atoms with Crippen molar-refractivity contribution in [2.45, 2.75) is 18.4 Å². The third kappa shape index (κ3) is 5.42. The standard InChI is InChI=1S/C10H14N5O6PS2.Mo.2O/c11-10-14-7-4(8(16)15-10)12-3-6(24)5(23)2(21-9(3)13-7)1-20-22(17,18)19;;;/h2-3,9,12,23-24H,1H2,(H2,17,18,19)(H4,11,13,14,15,16);;;/q;+2;;/p-2/t2-,3+,9-;;;/m1.../s1. The molecular weight excluding hydrogens is 509 g/mol. The molecule has 1 aromatic rings. The molecule has 0 amide bonds. The molecule has 2 aliphatic rings. The predicted molar refractivity (Wildman–Crippen MR) is 90.1 cm³/mol. The fraction of sp³-hybridized carbons (Fsp3) is 0.400. The zero-order valence-corrected chi connectivity index (χ0v) is 17.5. The molecule has 2 aliphatic heterocycles. The number of nitrogens with zero attached hydrogens (tertiary/aromatic N) is 1. The molecule has 0 aromatic carbocycles. The number of nitrogens with two attached hydrogens (primary N) is 1.